The van der Waals surface area contributed by atoms with E-state index >= 15 is 0 Å². The molecule has 3 heterocycles. The number of hydrogen-bond donors (Lipinski definition) is 1. The molecule has 0 saturated carbocycles. The molecule has 2 aliphatic rings. The van der Waals surface area contributed by atoms with Crippen molar-refractivity contribution < 1.29 is 9.59 Å². The number of fused-ring (bicyclic) bond motifs is 1. The van der Waals surface area contributed by atoms with Gasteiger partial charge >= 0.3 is 0 Å². The number of piperidine rings is 1. The molecule has 4 rings (SSSR count). The van der Waals surface area contributed by atoms with E-state index < -0.39 is 5.54 Å². The van der Waals surface area contributed by atoms with Crippen LogP contribution in [0.25, 0.3) is 0 Å². The fourth-order valence-corrected chi connectivity index (χ4v) is 4.39. The van der Waals surface area contributed by atoms with Crippen LogP contribution in [0.3, 0.4) is 0 Å². The quantitative estimate of drug-likeness (QED) is 0.845. The van der Waals surface area contributed by atoms with Gasteiger partial charge in [-0.2, -0.15) is 0 Å². The van der Waals surface area contributed by atoms with Crippen molar-refractivity contribution in [3.05, 3.63) is 42.5 Å². The van der Waals surface area contributed by atoms with Crippen LogP contribution in [0.2, 0.25) is 0 Å². The Morgan fingerprint density at radius 3 is 2.53 bits per heavy atom. The van der Waals surface area contributed by atoms with Crippen molar-refractivity contribution in [3.63, 3.8) is 0 Å². The average molecular weight is 410 g/mol. The maximum Gasteiger partial charge on any atom is 0.253 e. The van der Waals surface area contributed by atoms with E-state index in [4.69, 9.17) is 0 Å². The first kappa shape index (κ1) is 20.4. The van der Waals surface area contributed by atoms with Gasteiger partial charge in [-0.1, -0.05) is 32.9 Å². The second-order valence-electron chi connectivity index (χ2n) is 9.73. The topological polar surface area (TPSA) is 70.5 Å². The number of para-hydroxylation sites is 2. The molecule has 1 aromatic carbocycles. The molecule has 7 heteroatoms. The molecule has 0 radical (unpaired) electrons. The molecule has 30 heavy (non-hydrogen) atoms. The Labute approximate surface area is 178 Å². The smallest absolute Gasteiger partial charge is 0.253 e. The van der Waals surface area contributed by atoms with Gasteiger partial charge in [0.2, 0.25) is 5.91 Å². The number of benzene rings is 1. The molecule has 1 N–H and O–H groups in total. The Kier molecular flexibility index (Phi) is 5.08. The van der Waals surface area contributed by atoms with Crippen molar-refractivity contribution in [3.8, 4) is 0 Å². The number of hydrogen-bond acceptors (Lipinski definition) is 4. The number of aryl methyl sites for hydroxylation is 1. The number of likely N-dealkylation sites (tertiary alicyclic amines) is 1. The van der Waals surface area contributed by atoms with Crippen LogP contribution in [0.4, 0.5) is 11.4 Å². The molecular formula is C23H31N5O2. The SMILES string of the molecule is Cn1cncc1CN1C(=O)C2(CCN(C(=O)CC(C)(C)C)CC2)Nc2ccccc21. The molecule has 0 aliphatic carbocycles. The summed E-state index contributed by atoms with van der Waals surface area (Å²) in [6, 6.07) is 7.94. The number of carbonyl (C=O) groups excluding carboxylic acids is 2. The van der Waals surface area contributed by atoms with E-state index in [0.717, 1.165) is 17.1 Å². The monoisotopic (exact) mass is 409 g/mol. The summed E-state index contributed by atoms with van der Waals surface area (Å²) in [5.74, 6) is 0.248. The summed E-state index contributed by atoms with van der Waals surface area (Å²) in [4.78, 5) is 34.4. The van der Waals surface area contributed by atoms with Crippen LogP contribution in [0, 0.1) is 5.41 Å². The Morgan fingerprint density at radius 2 is 1.90 bits per heavy atom. The maximum absolute atomic E-state index is 13.7. The highest BCUT2D eigenvalue weighted by Crippen LogP contribution is 2.40. The molecule has 1 fully saturated rings. The molecule has 1 spiro atoms. The zero-order valence-electron chi connectivity index (χ0n) is 18.3. The van der Waals surface area contributed by atoms with E-state index in [1.165, 1.54) is 0 Å². The van der Waals surface area contributed by atoms with Crippen molar-refractivity contribution in [1.29, 1.82) is 0 Å². The van der Waals surface area contributed by atoms with Gasteiger partial charge in [0.1, 0.15) is 5.54 Å². The van der Waals surface area contributed by atoms with Crippen LogP contribution < -0.4 is 10.2 Å². The summed E-state index contributed by atoms with van der Waals surface area (Å²) in [6.07, 6.45) is 5.30. The van der Waals surface area contributed by atoms with Crippen molar-refractivity contribution in [2.24, 2.45) is 12.5 Å². The van der Waals surface area contributed by atoms with E-state index in [1.54, 1.807) is 12.5 Å². The number of imidazole rings is 1. The summed E-state index contributed by atoms with van der Waals surface area (Å²) >= 11 is 0. The largest absolute Gasteiger partial charge is 0.369 e. The van der Waals surface area contributed by atoms with E-state index in [-0.39, 0.29) is 17.2 Å². The van der Waals surface area contributed by atoms with E-state index in [0.29, 0.717) is 38.9 Å². The van der Waals surface area contributed by atoms with Gasteiger partial charge in [-0.15, -0.1) is 0 Å². The summed E-state index contributed by atoms with van der Waals surface area (Å²) in [7, 11) is 1.94. The minimum Gasteiger partial charge on any atom is -0.369 e. The number of amides is 2. The predicted octanol–water partition coefficient (Wildman–Crippen LogP) is 3.18. The highest BCUT2D eigenvalue weighted by atomic mass is 16.2. The highest BCUT2D eigenvalue weighted by molar-refractivity contribution is 6.08. The van der Waals surface area contributed by atoms with Gasteiger partial charge in [0.15, 0.2) is 0 Å². The van der Waals surface area contributed by atoms with Crippen molar-refractivity contribution in [2.75, 3.05) is 23.3 Å². The third-order valence-corrected chi connectivity index (χ3v) is 6.11. The Hall–Kier alpha value is -2.83. The minimum absolute atomic E-state index is 0.0377. The summed E-state index contributed by atoms with van der Waals surface area (Å²) in [5, 5.41) is 3.54. The molecule has 160 valence electrons. The molecule has 0 atom stereocenters. The molecule has 1 saturated heterocycles. The van der Waals surface area contributed by atoms with Crippen LogP contribution in [-0.2, 0) is 23.2 Å². The fourth-order valence-electron chi connectivity index (χ4n) is 4.39. The van der Waals surface area contributed by atoms with Gasteiger partial charge in [-0.25, -0.2) is 4.98 Å². The number of carbonyl (C=O) groups is 2. The van der Waals surface area contributed by atoms with Crippen molar-refractivity contribution in [2.45, 2.75) is 52.1 Å². The Bertz CT molecular complexity index is 950. The normalized spacial score (nSPS) is 18.3. The van der Waals surface area contributed by atoms with E-state index in [1.807, 2.05) is 45.7 Å². The Morgan fingerprint density at radius 1 is 1.20 bits per heavy atom. The van der Waals surface area contributed by atoms with Crippen LogP contribution in [0.15, 0.2) is 36.8 Å². The van der Waals surface area contributed by atoms with Crippen molar-refractivity contribution in [1.82, 2.24) is 14.5 Å². The van der Waals surface area contributed by atoms with Gasteiger partial charge in [0, 0.05) is 32.8 Å². The Balaban J connectivity index is 1.57. The zero-order chi connectivity index (χ0) is 21.5. The fraction of sp³-hybridized carbons (Fsp3) is 0.522. The number of anilines is 2. The molecule has 2 aromatic rings. The lowest BCUT2D eigenvalue weighted by Crippen LogP contribution is -2.62. The molecule has 7 nitrogen and oxygen atoms in total. The molecule has 0 unspecified atom stereocenters. The number of aromatic nitrogens is 2. The first-order valence-corrected chi connectivity index (χ1v) is 10.6. The lowest BCUT2D eigenvalue weighted by Gasteiger charge is -2.48. The highest BCUT2D eigenvalue weighted by Gasteiger charge is 2.48. The summed E-state index contributed by atoms with van der Waals surface area (Å²) < 4.78 is 1.94. The van der Waals surface area contributed by atoms with Gasteiger partial charge in [0.05, 0.1) is 29.9 Å². The molecule has 2 amide bonds. The number of nitrogens with zero attached hydrogens (tertiary/aromatic N) is 4. The van der Waals surface area contributed by atoms with Gasteiger partial charge < -0.3 is 19.7 Å². The van der Waals surface area contributed by atoms with Crippen LogP contribution in [0.1, 0.15) is 45.7 Å². The van der Waals surface area contributed by atoms with Crippen LogP contribution in [-0.4, -0.2) is 44.9 Å². The maximum atomic E-state index is 13.7. The van der Waals surface area contributed by atoms with Gasteiger partial charge in [-0.3, -0.25) is 9.59 Å². The van der Waals surface area contributed by atoms with Gasteiger partial charge in [-0.05, 0) is 30.4 Å². The minimum atomic E-state index is -0.675. The third kappa shape index (κ3) is 3.80. The van der Waals surface area contributed by atoms with Gasteiger partial charge in [0.25, 0.3) is 5.91 Å². The average Bonchev–Trinajstić information content (AvgIpc) is 3.09. The predicted molar refractivity (Wildman–Crippen MR) is 117 cm³/mol. The van der Waals surface area contributed by atoms with Crippen LogP contribution in [0.5, 0.6) is 0 Å². The molecule has 2 aliphatic heterocycles. The standard InChI is InChI=1S/C23H31N5O2/c1-22(2,3)13-20(29)27-11-9-23(10-12-27)21(30)28(15-17-14-24-16-26(17)4)19-8-6-5-7-18(19)25-23/h5-8,14,16,25H,9-13,15H2,1-4H3. The zero-order valence-corrected chi connectivity index (χ0v) is 18.3. The third-order valence-electron chi connectivity index (χ3n) is 6.11. The second kappa shape index (κ2) is 7.45. The second-order valence-corrected chi connectivity index (χ2v) is 9.73. The van der Waals surface area contributed by atoms with E-state index in [9.17, 15) is 9.59 Å². The van der Waals surface area contributed by atoms with Crippen LogP contribution >= 0.6 is 0 Å². The first-order valence-electron chi connectivity index (χ1n) is 10.6. The van der Waals surface area contributed by atoms with E-state index in [2.05, 4.69) is 31.1 Å². The number of rotatable bonds is 3. The van der Waals surface area contributed by atoms with Crippen molar-refractivity contribution >= 4 is 23.2 Å². The molecule has 0 bridgehead atoms. The first-order chi connectivity index (χ1) is 14.2. The summed E-state index contributed by atoms with van der Waals surface area (Å²) in [5.41, 5.74) is 2.12. The lowest BCUT2D eigenvalue weighted by atomic mass is 9.82. The molecule has 1 aromatic heterocycles. The number of nitrogens with one attached hydrogen (secondary N) is 1. The lowest BCUT2D eigenvalue weighted by molar-refractivity contribution is -0.136. The summed E-state index contributed by atoms with van der Waals surface area (Å²) in [6.45, 7) is 7.90. The molecular weight excluding hydrogens is 378 g/mol.